The van der Waals surface area contributed by atoms with Crippen LogP contribution < -0.4 is 10.1 Å². The van der Waals surface area contributed by atoms with Gasteiger partial charge >= 0.3 is 6.01 Å². The molecule has 4 nitrogen and oxygen atoms in total. The van der Waals surface area contributed by atoms with E-state index in [1.807, 2.05) is 43.6 Å². The van der Waals surface area contributed by atoms with Crippen molar-refractivity contribution in [3.05, 3.63) is 47.8 Å². The number of nitrogens with one attached hydrogen (secondary N) is 1. The van der Waals surface area contributed by atoms with E-state index in [0.29, 0.717) is 12.1 Å². The van der Waals surface area contributed by atoms with E-state index in [-0.39, 0.29) is 0 Å². The molecule has 2 aromatic rings. The monoisotopic (exact) mass is 255 g/mol. The molecular formula is C15H17N3O. The second-order valence-corrected chi connectivity index (χ2v) is 4.95. The molecule has 1 aromatic carbocycles. The molecule has 0 spiro atoms. The number of hydrogen-bond donors (Lipinski definition) is 1. The van der Waals surface area contributed by atoms with E-state index < -0.39 is 0 Å². The van der Waals surface area contributed by atoms with Gasteiger partial charge < -0.3 is 10.1 Å². The Bertz CT molecular complexity index is 550. The maximum absolute atomic E-state index is 5.61. The fourth-order valence-corrected chi connectivity index (χ4v) is 1.82. The number of aryl methyl sites for hydroxylation is 1. The zero-order chi connectivity index (χ0) is 13.1. The Balaban J connectivity index is 1.61. The van der Waals surface area contributed by atoms with Crippen LogP contribution in [0.3, 0.4) is 0 Å². The van der Waals surface area contributed by atoms with Crippen LogP contribution in [0.1, 0.15) is 24.0 Å². The van der Waals surface area contributed by atoms with Crippen molar-refractivity contribution in [2.75, 3.05) is 0 Å². The van der Waals surface area contributed by atoms with Crippen LogP contribution in [-0.4, -0.2) is 16.0 Å². The average molecular weight is 255 g/mol. The smallest absolute Gasteiger partial charge is 0.321 e. The van der Waals surface area contributed by atoms with Crippen LogP contribution in [0.15, 0.2) is 36.7 Å². The summed E-state index contributed by atoms with van der Waals surface area (Å²) in [5.74, 6) is 0.767. The third-order valence-electron chi connectivity index (χ3n) is 3.05. The van der Waals surface area contributed by atoms with Crippen LogP contribution in [0.2, 0.25) is 0 Å². The molecule has 1 heterocycles. The largest absolute Gasteiger partial charge is 0.424 e. The molecule has 0 unspecified atom stereocenters. The molecule has 1 saturated carbocycles. The van der Waals surface area contributed by atoms with Crippen molar-refractivity contribution in [3.8, 4) is 11.8 Å². The van der Waals surface area contributed by atoms with Crippen molar-refractivity contribution >= 4 is 0 Å². The van der Waals surface area contributed by atoms with Crippen LogP contribution in [0.25, 0.3) is 0 Å². The molecule has 98 valence electrons. The second-order valence-electron chi connectivity index (χ2n) is 4.95. The van der Waals surface area contributed by atoms with Gasteiger partial charge in [0.2, 0.25) is 0 Å². The minimum atomic E-state index is 0.390. The number of hydrogen-bond acceptors (Lipinski definition) is 4. The van der Waals surface area contributed by atoms with E-state index in [0.717, 1.165) is 23.4 Å². The summed E-state index contributed by atoms with van der Waals surface area (Å²) in [7, 11) is 0. The standard InChI is InChI=1S/C15H17N3O/c1-11-3-2-4-14(7-11)19-15-17-9-12(10-18-15)8-16-13-5-6-13/h2-4,7,9-10,13,16H,5-6,8H2,1H3. The Kier molecular flexibility index (Phi) is 3.42. The van der Waals surface area contributed by atoms with Gasteiger partial charge in [0.05, 0.1) is 0 Å². The highest BCUT2D eigenvalue weighted by Crippen LogP contribution is 2.20. The third kappa shape index (κ3) is 3.51. The first-order valence-corrected chi connectivity index (χ1v) is 6.58. The lowest BCUT2D eigenvalue weighted by Gasteiger charge is -2.05. The summed E-state index contributed by atoms with van der Waals surface area (Å²) in [5.41, 5.74) is 2.24. The fourth-order valence-electron chi connectivity index (χ4n) is 1.82. The van der Waals surface area contributed by atoms with Crippen LogP contribution in [0, 0.1) is 6.92 Å². The van der Waals surface area contributed by atoms with E-state index in [9.17, 15) is 0 Å². The number of rotatable bonds is 5. The van der Waals surface area contributed by atoms with Crippen molar-refractivity contribution < 1.29 is 4.74 Å². The summed E-state index contributed by atoms with van der Waals surface area (Å²) in [6.45, 7) is 2.86. The van der Waals surface area contributed by atoms with Gasteiger partial charge in [0, 0.05) is 30.5 Å². The zero-order valence-electron chi connectivity index (χ0n) is 11.0. The molecule has 0 atom stereocenters. The van der Waals surface area contributed by atoms with Gasteiger partial charge in [-0.25, -0.2) is 9.97 Å². The molecule has 1 N–H and O–H groups in total. The molecule has 3 rings (SSSR count). The first-order chi connectivity index (χ1) is 9.29. The quantitative estimate of drug-likeness (QED) is 0.892. The van der Waals surface area contributed by atoms with Gasteiger partial charge in [-0.3, -0.25) is 0 Å². The minimum absolute atomic E-state index is 0.390. The first kappa shape index (κ1) is 12.1. The lowest BCUT2D eigenvalue weighted by molar-refractivity contribution is 0.440. The van der Waals surface area contributed by atoms with Crippen molar-refractivity contribution in [2.45, 2.75) is 32.4 Å². The number of nitrogens with zero attached hydrogens (tertiary/aromatic N) is 2. The molecule has 4 heteroatoms. The van der Waals surface area contributed by atoms with E-state index in [1.165, 1.54) is 12.8 Å². The van der Waals surface area contributed by atoms with Crippen LogP contribution in [0.5, 0.6) is 11.8 Å². The van der Waals surface area contributed by atoms with E-state index in [4.69, 9.17) is 4.74 Å². The summed E-state index contributed by atoms with van der Waals surface area (Å²) in [6, 6.07) is 8.94. The molecule has 19 heavy (non-hydrogen) atoms. The summed E-state index contributed by atoms with van der Waals surface area (Å²) in [5, 5.41) is 3.43. The summed E-state index contributed by atoms with van der Waals surface area (Å²) in [4.78, 5) is 8.46. The molecule has 0 radical (unpaired) electrons. The normalized spacial score (nSPS) is 14.4. The lowest BCUT2D eigenvalue weighted by Crippen LogP contribution is -2.15. The Morgan fingerprint density at radius 3 is 2.74 bits per heavy atom. The molecule has 0 bridgehead atoms. The van der Waals surface area contributed by atoms with E-state index in [2.05, 4.69) is 15.3 Å². The Morgan fingerprint density at radius 1 is 1.26 bits per heavy atom. The van der Waals surface area contributed by atoms with Gasteiger partial charge in [-0.05, 0) is 37.5 Å². The predicted molar refractivity (Wildman–Crippen MR) is 73.1 cm³/mol. The molecule has 0 amide bonds. The maximum atomic E-state index is 5.61. The Hall–Kier alpha value is -1.94. The molecule has 1 fully saturated rings. The highest BCUT2D eigenvalue weighted by atomic mass is 16.5. The molecular weight excluding hydrogens is 238 g/mol. The van der Waals surface area contributed by atoms with Gasteiger partial charge in [0.1, 0.15) is 5.75 Å². The van der Waals surface area contributed by atoms with Gasteiger partial charge in [0.15, 0.2) is 0 Å². The highest BCUT2D eigenvalue weighted by Gasteiger charge is 2.19. The third-order valence-corrected chi connectivity index (χ3v) is 3.05. The van der Waals surface area contributed by atoms with Crippen LogP contribution in [0.4, 0.5) is 0 Å². The Labute approximate surface area is 112 Å². The van der Waals surface area contributed by atoms with Crippen molar-refractivity contribution in [3.63, 3.8) is 0 Å². The summed E-state index contributed by atoms with van der Waals surface area (Å²) >= 11 is 0. The number of ether oxygens (including phenoxy) is 1. The molecule has 0 aliphatic heterocycles. The van der Waals surface area contributed by atoms with Gasteiger partial charge in [-0.15, -0.1) is 0 Å². The molecule has 1 aromatic heterocycles. The highest BCUT2D eigenvalue weighted by molar-refractivity contribution is 5.29. The summed E-state index contributed by atoms with van der Waals surface area (Å²) < 4.78 is 5.61. The van der Waals surface area contributed by atoms with E-state index >= 15 is 0 Å². The topological polar surface area (TPSA) is 47.0 Å². The predicted octanol–water partition coefficient (Wildman–Crippen LogP) is 2.83. The lowest BCUT2D eigenvalue weighted by atomic mass is 10.2. The van der Waals surface area contributed by atoms with Crippen LogP contribution >= 0.6 is 0 Å². The molecule has 1 aliphatic carbocycles. The average Bonchev–Trinajstić information content (AvgIpc) is 3.22. The van der Waals surface area contributed by atoms with Crippen LogP contribution in [-0.2, 0) is 6.54 Å². The second kappa shape index (κ2) is 5.36. The minimum Gasteiger partial charge on any atom is -0.424 e. The number of benzene rings is 1. The zero-order valence-corrected chi connectivity index (χ0v) is 11.0. The summed E-state index contributed by atoms with van der Waals surface area (Å²) in [6.07, 6.45) is 6.20. The molecule has 0 saturated heterocycles. The molecule has 1 aliphatic rings. The maximum Gasteiger partial charge on any atom is 0.321 e. The van der Waals surface area contributed by atoms with E-state index in [1.54, 1.807) is 0 Å². The number of aromatic nitrogens is 2. The van der Waals surface area contributed by atoms with Gasteiger partial charge in [0.25, 0.3) is 0 Å². The van der Waals surface area contributed by atoms with Crippen molar-refractivity contribution in [1.82, 2.24) is 15.3 Å². The first-order valence-electron chi connectivity index (χ1n) is 6.58. The van der Waals surface area contributed by atoms with Gasteiger partial charge in [-0.1, -0.05) is 12.1 Å². The Morgan fingerprint density at radius 2 is 2.05 bits per heavy atom. The van der Waals surface area contributed by atoms with Crippen molar-refractivity contribution in [2.24, 2.45) is 0 Å². The van der Waals surface area contributed by atoms with Crippen molar-refractivity contribution in [1.29, 1.82) is 0 Å². The fraction of sp³-hybridized carbons (Fsp3) is 0.333. The van der Waals surface area contributed by atoms with Gasteiger partial charge in [-0.2, -0.15) is 0 Å². The SMILES string of the molecule is Cc1cccc(Oc2ncc(CNC3CC3)cn2)c1.